The van der Waals surface area contributed by atoms with Gasteiger partial charge in [0.25, 0.3) is 0 Å². The molecule has 1 rings (SSSR count). The van der Waals surface area contributed by atoms with Gasteiger partial charge in [0.05, 0.1) is 58.5 Å². The second-order valence-corrected chi connectivity index (χ2v) is 3.86. The molecule has 3 N–H and O–H groups in total. The highest BCUT2D eigenvalue weighted by molar-refractivity contribution is 4.71. The molecular weight excluding hydrogens is 278 g/mol. The number of H-pyrrole nitrogens is 1. The van der Waals surface area contributed by atoms with E-state index < -0.39 is 6.10 Å². The van der Waals surface area contributed by atoms with Gasteiger partial charge >= 0.3 is 0 Å². The number of ether oxygens (including phenoxy) is 3. The van der Waals surface area contributed by atoms with E-state index in [0.29, 0.717) is 46.1 Å². The average Bonchev–Trinajstić information content (AvgIpc) is 3.05. The first-order chi connectivity index (χ1) is 10.3. The highest BCUT2D eigenvalue weighted by atomic mass is 16.5. The molecular formula is C13H25N3O5. The van der Waals surface area contributed by atoms with Crippen molar-refractivity contribution in [3.8, 4) is 0 Å². The summed E-state index contributed by atoms with van der Waals surface area (Å²) in [6.45, 7) is 6.08. The predicted octanol–water partition coefficient (Wildman–Crippen LogP) is -0.230. The standard InChI is InChI=1S/C11H22O5.C2H3N3/c1-2-3-11(13)10-16-9-8-15-7-6-14-5-4-12;1-2-4-5-3-1/h2,11-13H,1,3-10H2;1-2H,(H,3,4,5). The fourth-order valence-electron chi connectivity index (χ4n) is 1.15. The van der Waals surface area contributed by atoms with Gasteiger partial charge in [-0.2, -0.15) is 0 Å². The molecule has 8 nitrogen and oxygen atoms in total. The summed E-state index contributed by atoms with van der Waals surface area (Å²) < 4.78 is 15.4. The van der Waals surface area contributed by atoms with Crippen LogP contribution in [0, 0.1) is 0 Å². The number of aliphatic hydroxyl groups excluding tert-OH is 2. The summed E-state index contributed by atoms with van der Waals surface area (Å²) in [5.41, 5.74) is 0. The van der Waals surface area contributed by atoms with Gasteiger partial charge in [0.1, 0.15) is 0 Å². The molecule has 0 aliphatic rings. The number of aromatic nitrogens is 3. The number of aromatic amines is 1. The molecule has 1 heterocycles. The maximum absolute atomic E-state index is 9.27. The van der Waals surface area contributed by atoms with Crippen molar-refractivity contribution in [3.63, 3.8) is 0 Å². The molecule has 0 saturated heterocycles. The Morgan fingerprint density at radius 1 is 1.14 bits per heavy atom. The van der Waals surface area contributed by atoms with Crippen molar-refractivity contribution in [1.82, 2.24) is 15.4 Å². The van der Waals surface area contributed by atoms with Crippen molar-refractivity contribution in [1.29, 1.82) is 0 Å². The van der Waals surface area contributed by atoms with Crippen molar-refractivity contribution >= 4 is 0 Å². The molecule has 0 saturated carbocycles. The van der Waals surface area contributed by atoms with E-state index >= 15 is 0 Å². The quantitative estimate of drug-likeness (QED) is 0.361. The summed E-state index contributed by atoms with van der Waals surface area (Å²) in [5, 5.41) is 27.0. The van der Waals surface area contributed by atoms with Gasteiger partial charge in [-0.3, -0.25) is 5.10 Å². The van der Waals surface area contributed by atoms with Crippen LogP contribution in [0.1, 0.15) is 6.42 Å². The largest absolute Gasteiger partial charge is 0.394 e. The van der Waals surface area contributed by atoms with Crippen molar-refractivity contribution in [2.24, 2.45) is 0 Å². The van der Waals surface area contributed by atoms with Crippen LogP contribution in [-0.2, 0) is 14.2 Å². The molecule has 0 spiro atoms. The maximum atomic E-state index is 9.27. The fourth-order valence-corrected chi connectivity index (χ4v) is 1.15. The SMILES string of the molecule is C=CCC(O)COCCOCCOCCO.c1c[nH]nn1. The lowest BCUT2D eigenvalue weighted by molar-refractivity contribution is -0.0118. The number of aliphatic hydroxyl groups is 2. The lowest BCUT2D eigenvalue weighted by Gasteiger charge is -2.09. The topological polar surface area (TPSA) is 110 Å². The van der Waals surface area contributed by atoms with Gasteiger partial charge in [-0.25, -0.2) is 0 Å². The van der Waals surface area contributed by atoms with Crippen molar-refractivity contribution in [2.45, 2.75) is 12.5 Å². The van der Waals surface area contributed by atoms with Crippen molar-refractivity contribution in [3.05, 3.63) is 25.0 Å². The molecule has 21 heavy (non-hydrogen) atoms. The second kappa shape index (κ2) is 16.7. The van der Waals surface area contributed by atoms with E-state index in [1.807, 2.05) is 0 Å². The first kappa shape index (κ1) is 19.7. The van der Waals surface area contributed by atoms with Gasteiger partial charge in [0, 0.05) is 6.20 Å². The summed E-state index contributed by atoms with van der Waals surface area (Å²) in [6, 6.07) is 0. The molecule has 0 aliphatic heterocycles. The molecule has 1 aromatic rings. The molecule has 1 atom stereocenters. The molecule has 0 aromatic carbocycles. The van der Waals surface area contributed by atoms with E-state index in [1.165, 1.54) is 0 Å². The smallest absolute Gasteiger partial charge is 0.0807 e. The van der Waals surface area contributed by atoms with Crippen LogP contribution in [0.25, 0.3) is 0 Å². The Balaban J connectivity index is 0.000000662. The molecule has 0 amide bonds. The molecule has 0 radical (unpaired) electrons. The first-order valence-corrected chi connectivity index (χ1v) is 6.74. The van der Waals surface area contributed by atoms with Crippen molar-refractivity contribution < 1.29 is 24.4 Å². The van der Waals surface area contributed by atoms with E-state index in [2.05, 4.69) is 22.0 Å². The first-order valence-electron chi connectivity index (χ1n) is 6.74. The van der Waals surface area contributed by atoms with Gasteiger partial charge in [-0.1, -0.05) is 11.3 Å². The zero-order chi connectivity index (χ0) is 15.6. The molecule has 122 valence electrons. The summed E-state index contributed by atoms with van der Waals surface area (Å²) in [7, 11) is 0. The Morgan fingerprint density at radius 3 is 2.29 bits per heavy atom. The third-order valence-electron chi connectivity index (χ3n) is 2.06. The maximum Gasteiger partial charge on any atom is 0.0807 e. The van der Waals surface area contributed by atoms with Crippen LogP contribution in [0.4, 0.5) is 0 Å². The Morgan fingerprint density at radius 2 is 1.81 bits per heavy atom. The Bertz CT molecular complexity index is 281. The third-order valence-corrected chi connectivity index (χ3v) is 2.06. The highest BCUT2D eigenvalue weighted by Gasteiger charge is 2.00. The van der Waals surface area contributed by atoms with Crippen LogP contribution in [-0.4, -0.2) is 78.0 Å². The molecule has 8 heteroatoms. The minimum Gasteiger partial charge on any atom is -0.394 e. The molecule has 0 aliphatic carbocycles. The zero-order valence-electron chi connectivity index (χ0n) is 12.2. The highest BCUT2D eigenvalue weighted by Crippen LogP contribution is 1.92. The number of hydrogen-bond acceptors (Lipinski definition) is 7. The predicted molar refractivity (Wildman–Crippen MR) is 76.7 cm³/mol. The van der Waals surface area contributed by atoms with E-state index in [9.17, 15) is 5.11 Å². The fraction of sp³-hybridized carbons (Fsp3) is 0.692. The lowest BCUT2D eigenvalue weighted by Crippen LogP contribution is -2.17. The van der Waals surface area contributed by atoms with Crippen LogP contribution in [0.5, 0.6) is 0 Å². The summed E-state index contributed by atoms with van der Waals surface area (Å²) in [6.07, 6.45) is 4.95. The Hall–Kier alpha value is -1.32. The van der Waals surface area contributed by atoms with Crippen LogP contribution < -0.4 is 0 Å². The summed E-state index contributed by atoms with van der Waals surface area (Å²) in [4.78, 5) is 0. The van der Waals surface area contributed by atoms with E-state index in [4.69, 9.17) is 19.3 Å². The zero-order valence-corrected chi connectivity index (χ0v) is 12.2. The number of rotatable bonds is 12. The number of nitrogens with one attached hydrogen (secondary N) is 1. The van der Waals surface area contributed by atoms with Gasteiger partial charge in [0.2, 0.25) is 0 Å². The molecule has 1 aromatic heterocycles. The van der Waals surface area contributed by atoms with Gasteiger partial charge in [0.15, 0.2) is 0 Å². The second-order valence-electron chi connectivity index (χ2n) is 3.86. The summed E-state index contributed by atoms with van der Waals surface area (Å²) >= 11 is 0. The molecule has 0 fully saturated rings. The minimum absolute atomic E-state index is 0.0320. The third kappa shape index (κ3) is 16.6. The Kier molecular flexibility index (Phi) is 15.7. The average molecular weight is 303 g/mol. The van der Waals surface area contributed by atoms with E-state index in [0.717, 1.165) is 0 Å². The lowest BCUT2D eigenvalue weighted by atomic mass is 10.3. The van der Waals surface area contributed by atoms with Crippen LogP contribution in [0.2, 0.25) is 0 Å². The van der Waals surface area contributed by atoms with E-state index in [-0.39, 0.29) is 6.61 Å². The minimum atomic E-state index is -0.481. The van der Waals surface area contributed by atoms with Crippen LogP contribution in [0.3, 0.4) is 0 Å². The van der Waals surface area contributed by atoms with Crippen LogP contribution >= 0.6 is 0 Å². The number of hydrogen-bond donors (Lipinski definition) is 3. The molecule has 0 bridgehead atoms. The van der Waals surface area contributed by atoms with Gasteiger partial charge in [-0.05, 0) is 6.42 Å². The van der Waals surface area contributed by atoms with Gasteiger partial charge in [-0.15, -0.1) is 11.7 Å². The normalized spacial score (nSPS) is 11.5. The van der Waals surface area contributed by atoms with Crippen molar-refractivity contribution in [2.75, 3.05) is 46.2 Å². The van der Waals surface area contributed by atoms with E-state index in [1.54, 1.807) is 18.5 Å². The van der Waals surface area contributed by atoms with Crippen LogP contribution in [0.15, 0.2) is 25.0 Å². The number of nitrogens with zero attached hydrogens (tertiary/aromatic N) is 2. The van der Waals surface area contributed by atoms with Gasteiger partial charge < -0.3 is 24.4 Å². The summed E-state index contributed by atoms with van der Waals surface area (Å²) in [5.74, 6) is 0. The monoisotopic (exact) mass is 303 g/mol. The Labute approximate surface area is 124 Å². The molecule has 1 unspecified atom stereocenters.